The first-order valence-corrected chi connectivity index (χ1v) is 7.38. The second-order valence-corrected chi connectivity index (χ2v) is 6.26. The second kappa shape index (κ2) is 7.47. The molecule has 2 amide bonds. The van der Waals surface area contributed by atoms with Crippen molar-refractivity contribution in [2.45, 2.75) is 39.7 Å². The number of ether oxygens (including phenoxy) is 1. The van der Waals surface area contributed by atoms with Crippen molar-refractivity contribution in [3.05, 3.63) is 0 Å². The molecule has 1 atom stereocenters. The Kier molecular flexibility index (Phi) is 6.26. The van der Waals surface area contributed by atoms with Crippen molar-refractivity contribution in [1.29, 1.82) is 0 Å². The number of carbonyl (C=O) groups is 2. The molecule has 1 saturated heterocycles. The van der Waals surface area contributed by atoms with Gasteiger partial charge in [-0.3, -0.25) is 4.79 Å². The fourth-order valence-corrected chi connectivity index (χ4v) is 2.31. The zero-order chi connectivity index (χ0) is 15.2. The lowest BCUT2D eigenvalue weighted by Crippen LogP contribution is -3.13. The third-order valence-electron chi connectivity index (χ3n) is 3.14. The number of carbonyl (C=O) groups excluding carboxylic acids is 2. The van der Waals surface area contributed by atoms with E-state index in [0.717, 1.165) is 19.5 Å². The fourth-order valence-electron chi connectivity index (χ4n) is 2.31. The van der Waals surface area contributed by atoms with E-state index in [1.165, 1.54) is 4.90 Å². The van der Waals surface area contributed by atoms with Gasteiger partial charge in [0, 0.05) is 18.5 Å². The average Bonchev–Trinajstić information content (AvgIpc) is 2.52. The molecule has 1 heterocycles. The molecule has 6 nitrogen and oxygen atoms in total. The Bertz CT molecular complexity index is 339. The summed E-state index contributed by atoms with van der Waals surface area (Å²) in [6, 6.07) is 0. The topological polar surface area (TPSA) is 63.1 Å². The van der Waals surface area contributed by atoms with Gasteiger partial charge in [-0.15, -0.1) is 0 Å². The predicted octanol–water partition coefficient (Wildman–Crippen LogP) is -0.352. The lowest BCUT2D eigenvalue weighted by Gasteiger charge is -2.23. The maximum atomic E-state index is 11.9. The van der Waals surface area contributed by atoms with Crippen LogP contribution in [0.15, 0.2) is 0 Å². The Labute approximate surface area is 121 Å². The van der Waals surface area contributed by atoms with E-state index in [2.05, 4.69) is 5.32 Å². The molecular formula is C14H28N3O3+. The monoisotopic (exact) mass is 286 g/mol. The third-order valence-corrected chi connectivity index (χ3v) is 3.14. The highest BCUT2D eigenvalue weighted by atomic mass is 16.6. The highest BCUT2D eigenvalue weighted by Crippen LogP contribution is 1.98. The summed E-state index contributed by atoms with van der Waals surface area (Å²) in [6.07, 6.45) is 0.657. The van der Waals surface area contributed by atoms with E-state index < -0.39 is 0 Å². The lowest BCUT2D eigenvalue weighted by atomic mass is 10.1. The number of amides is 2. The van der Waals surface area contributed by atoms with Gasteiger partial charge in [-0.25, -0.2) is 4.79 Å². The molecule has 1 aliphatic heterocycles. The predicted molar refractivity (Wildman–Crippen MR) is 76.7 cm³/mol. The van der Waals surface area contributed by atoms with Crippen molar-refractivity contribution in [1.82, 2.24) is 10.2 Å². The Morgan fingerprint density at radius 3 is 2.55 bits per heavy atom. The Morgan fingerprint density at radius 1 is 1.25 bits per heavy atom. The lowest BCUT2D eigenvalue weighted by molar-refractivity contribution is -0.889. The van der Waals surface area contributed by atoms with Crippen LogP contribution in [-0.4, -0.2) is 61.8 Å². The maximum absolute atomic E-state index is 11.9. The maximum Gasteiger partial charge on any atom is 0.409 e. The molecule has 1 aliphatic rings. The van der Waals surface area contributed by atoms with Crippen LogP contribution in [0.3, 0.4) is 0 Å². The van der Waals surface area contributed by atoms with Crippen LogP contribution in [0.2, 0.25) is 0 Å². The molecule has 116 valence electrons. The number of hydrogen-bond donors (Lipinski definition) is 2. The van der Waals surface area contributed by atoms with Gasteiger partial charge in [0.05, 0.1) is 26.2 Å². The third kappa shape index (κ3) is 6.23. The van der Waals surface area contributed by atoms with Crippen LogP contribution in [0.5, 0.6) is 0 Å². The minimum atomic E-state index is -0.243. The molecular weight excluding hydrogens is 258 g/mol. The Morgan fingerprint density at radius 2 is 1.95 bits per heavy atom. The van der Waals surface area contributed by atoms with E-state index in [1.807, 2.05) is 27.7 Å². The molecule has 1 rings (SSSR count). The van der Waals surface area contributed by atoms with Crippen LogP contribution in [0.4, 0.5) is 4.79 Å². The molecule has 6 heteroatoms. The smallest absolute Gasteiger partial charge is 0.409 e. The van der Waals surface area contributed by atoms with Crippen LogP contribution in [0.25, 0.3) is 0 Å². The first-order valence-electron chi connectivity index (χ1n) is 7.38. The van der Waals surface area contributed by atoms with Crippen molar-refractivity contribution in [3.8, 4) is 0 Å². The molecule has 2 N–H and O–H groups in total. The SMILES string of the molecule is CCOC(=O)N1CCC[NH+](CC(=O)NC(C)(C)C)CC1. The zero-order valence-electron chi connectivity index (χ0n) is 13.1. The molecule has 0 aliphatic carbocycles. The van der Waals surface area contributed by atoms with Gasteiger partial charge in [-0.2, -0.15) is 0 Å². The average molecular weight is 286 g/mol. The summed E-state index contributed by atoms with van der Waals surface area (Å²) >= 11 is 0. The molecule has 1 fully saturated rings. The molecule has 0 aromatic carbocycles. The van der Waals surface area contributed by atoms with Crippen molar-refractivity contribution >= 4 is 12.0 Å². The van der Waals surface area contributed by atoms with Crippen LogP contribution in [0.1, 0.15) is 34.1 Å². The summed E-state index contributed by atoms with van der Waals surface area (Å²) in [5.41, 5.74) is -0.195. The molecule has 0 spiro atoms. The van der Waals surface area contributed by atoms with Gasteiger partial charge in [0.25, 0.3) is 5.91 Å². The standard InChI is InChI=1S/C14H27N3O3/c1-5-20-13(19)17-8-6-7-16(9-10-17)11-12(18)15-14(2,3)4/h5-11H2,1-4H3,(H,15,18)/p+1. The van der Waals surface area contributed by atoms with Crippen molar-refractivity contribution in [2.75, 3.05) is 39.3 Å². The van der Waals surface area contributed by atoms with Crippen LogP contribution in [0, 0.1) is 0 Å². The number of nitrogens with zero attached hydrogens (tertiary/aromatic N) is 1. The van der Waals surface area contributed by atoms with Gasteiger partial charge in [0.1, 0.15) is 0 Å². The summed E-state index contributed by atoms with van der Waals surface area (Å²) in [7, 11) is 0. The molecule has 1 unspecified atom stereocenters. The number of quaternary nitrogens is 1. The first kappa shape index (κ1) is 16.8. The van der Waals surface area contributed by atoms with Crippen molar-refractivity contribution in [3.63, 3.8) is 0 Å². The quantitative estimate of drug-likeness (QED) is 0.745. The number of nitrogens with one attached hydrogen (secondary N) is 2. The van der Waals surface area contributed by atoms with Crippen LogP contribution in [-0.2, 0) is 9.53 Å². The molecule has 0 bridgehead atoms. The zero-order valence-corrected chi connectivity index (χ0v) is 13.1. The highest BCUT2D eigenvalue weighted by molar-refractivity contribution is 5.77. The largest absolute Gasteiger partial charge is 0.450 e. The molecule has 0 aromatic rings. The molecule has 0 radical (unpaired) electrons. The van der Waals surface area contributed by atoms with E-state index in [9.17, 15) is 9.59 Å². The van der Waals surface area contributed by atoms with E-state index >= 15 is 0 Å². The van der Waals surface area contributed by atoms with Gasteiger partial charge in [0.2, 0.25) is 0 Å². The van der Waals surface area contributed by atoms with Gasteiger partial charge in [-0.05, 0) is 27.7 Å². The van der Waals surface area contributed by atoms with Crippen LogP contribution < -0.4 is 10.2 Å². The highest BCUT2D eigenvalue weighted by Gasteiger charge is 2.24. The normalized spacial score (nSPS) is 20.2. The Balaban J connectivity index is 2.40. The molecule has 0 saturated carbocycles. The summed E-state index contributed by atoms with van der Waals surface area (Å²) in [4.78, 5) is 26.6. The summed E-state index contributed by atoms with van der Waals surface area (Å²) < 4.78 is 5.02. The van der Waals surface area contributed by atoms with E-state index in [4.69, 9.17) is 4.74 Å². The Hall–Kier alpha value is -1.30. The van der Waals surface area contributed by atoms with E-state index in [-0.39, 0.29) is 17.5 Å². The molecule has 20 heavy (non-hydrogen) atoms. The van der Waals surface area contributed by atoms with Crippen molar-refractivity contribution < 1.29 is 19.2 Å². The van der Waals surface area contributed by atoms with Gasteiger partial charge in [0.15, 0.2) is 6.54 Å². The van der Waals surface area contributed by atoms with Gasteiger partial charge in [-0.1, -0.05) is 0 Å². The van der Waals surface area contributed by atoms with Gasteiger partial charge < -0.3 is 19.9 Å². The fraction of sp³-hybridized carbons (Fsp3) is 0.857. The second-order valence-electron chi connectivity index (χ2n) is 6.26. The number of rotatable bonds is 3. The summed E-state index contributed by atoms with van der Waals surface area (Å²) in [5, 5.41) is 2.98. The summed E-state index contributed by atoms with van der Waals surface area (Å²) in [6.45, 7) is 11.7. The van der Waals surface area contributed by atoms with E-state index in [1.54, 1.807) is 4.90 Å². The summed E-state index contributed by atoms with van der Waals surface area (Å²) in [5.74, 6) is 0.0667. The van der Waals surface area contributed by atoms with Crippen LogP contribution >= 0.6 is 0 Å². The van der Waals surface area contributed by atoms with E-state index in [0.29, 0.717) is 26.2 Å². The number of hydrogen-bond acceptors (Lipinski definition) is 3. The molecule has 0 aromatic heterocycles. The van der Waals surface area contributed by atoms with Gasteiger partial charge >= 0.3 is 6.09 Å². The van der Waals surface area contributed by atoms with Crippen molar-refractivity contribution in [2.24, 2.45) is 0 Å². The minimum absolute atomic E-state index is 0.0667. The minimum Gasteiger partial charge on any atom is -0.450 e. The first-order chi connectivity index (χ1) is 9.31.